The lowest BCUT2D eigenvalue weighted by Gasteiger charge is -2.21. The molecule has 2 amide bonds. The molecular formula is C17H24N4O3. The highest BCUT2D eigenvalue weighted by molar-refractivity contribution is 5.77. The van der Waals surface area contributed by atoms with E-state index in [0.717, 1.165) is 25.0 Å². The molecule has 1 aromatic heterocycles. The van der Waals surface area contributed by atoms with E-state index < -0.39 is 5.60 Å². The number of likely N-dealkylation sites (N-methyl/N-ethyl adjacent to an activating group) is 1. The van der Waals surface area contributed by atoms with Crippen molar-refractivity contribution in [2.24, 2.45) is 0 Å². The SMILES string of the molecule is CN1C[C@@]2(CCN(C(=O)CCc3n[nH]c4c3CCCC4)C2)OC1=O. The summed E-state index contributed by atoms with van der Waals surface area (Å²) in [5.74, 6) is 0.130. The molecule has 1 spiro atoms. The van der Waals surface area contributed by atoms with Crippen LogP contribution < -0.4 is 0 Å². The van der Waals surface area contributed by atoms with Crippen LogP contribution in [0, 0.1) is 0 Å². The average Bonchev–Trinajstić information content (AvgIpc) is 3.24. The van der Waals surface area contributed by atoms with E-state index in [-0.39, 0.29) is 12.0 Å². The van der Waals surface area contributed by atoms with Gasteiger partial charge in [-0.15, -0.1) is 0 Å². The van der Waals surface area contributed by atoms with E-state index in [1.54, 1.807) is 11.9 Å². The molecule has 1 aliphatic carbocycles. The molecule has 1 aromatic rings. The molecule has 0 unspecified atom stereocenters. The Bertz CT molecular complexity index is 671. The molecule has 0 radical (unpaired) electrons. The normalized spacial score (nSPS) is 26.1. The lowest BCUT2D eigenvalue weighted by molar-refractivity contribution is -0.130. The van der Waals surface area contributed by atoms with Crippen molar-refractivity contribution in [2.75, 3.05) is 26.7 Å². The number of ether oxygens (including phenoxy) is 1. The first-order chi connectivity index (χ1) is 11.6. The van der Waals surface area contributed by atoms with Crippen molar-refractivity contribution < 1.29 is 14.3 Å². The fraction of sp³-hybridized carbons (Fsp3) is 0.706. The average molecular weight is 332 g/mol. The van der Waals surface area contributed by atoms with E-state index in [9.17, 15) is 9.59 Å². The topological polar surface area (TPSA) is 78.5 Å². The maximum Gasteiger partial charge on any atom is 0.410 e. The third-order valence-corrected chi connectivity index (χ3v) is 5.53. The Morgan fingerprint density at radius 2 is 2.17 bits per heavy atom. The number of likely N-dealkylation sites (tertiary alicyclic amines) is 1. The number of aromatic nitrogens is 2. The predicted molar refractivity (Wildman–Crippen MR) is 86.6 cm³/mol. The number of hydrogen-bond donors (Lipinski definition) is 1. The summed E-state index contributed by atoms with van der Waals surface area (Å²) in [4.78, 5) is 27.6. The van der Waals surface area contributed by atoms with Gasteiger partial charge in [0.05, 0.1) is 18.8 Å². The van der Waals surface area contributed by atoms with Gasteiger partial charge in [0.15, 0.2) is 5.60 Å². The number of fused-ring (bicyclic) bond motifs is 1. The van der Waals surface area contributed by atoms with Gasteiger partial charge in [0, 0.05) is 38.5 Å². The van der Waals surface area contributed by atoms with Crippen molar-refractivity contribution in [1.29, 1.82) is 0 Å². The molecule has 0 bridgehead atoms. The highest BCUT2D eigenvalue weighted by atomic mass is 16.6. The molecule has 2 fully saturated rings. The van der Waals surface area contributed by atoms with Crippen molar-refractivity contribution in [3.8, 4) is 0 Å². The van der Waals surface area contributed by atoms with E-state index in [2.05, 4.69) is 10.2 Å². The smallest absolute Gasteiger partial charge is 0.410 e. The van der Waals surface area contributed by atoms with Crippen LogP contribution in [0.3, 0.4) is 0 Å². The van der Waals surface area contributed by atoms with Crippen LogP contribution in [-0.4, -0.2) is 64.3 Å². The van der Waals surface area contributed by atoms with Gasteiger partial charge in [0.1, 0.15) is 0 Å². The third kappa shape index (κ3) is 2.65. The Labute approximate surface area is 141 Å². The first-order valence-electron chi connectivity index (χ1n) is 8.83. The second kappa shape index (κ2) is 5.79. The van der Waals surface area contributed by atoms with Crippen LogP contribution >= 0.6 is 0 Å². The fourth-order valence-corrected chi connectivity index (χ4v) is 4.20. The number of amides is 2. The van der Waals surface area contributed by atoms with Crippen molar-refractivity contribution in [2.45, 2.75) is 50.5 Å². The minimum Gasteiger partial charge on any atom is -0.439 e. The molecule has 3 heterocycles. The Hall–Kier alpha value is -2.05. The molecule has 4 rings (SSSR count). The number of nitrogens with one attached hydrogen (secondary N) is 1. The summed E-state index contributed by atoms with van der Waals surface area (Å²) in [5, 5.41) is 7.55. The van der Waals surface area contributed by atoms with Crippen molar-refractivity contribution >= 4 is 12.0 Å². The van der Waals surface area contributed by atoms with Gasteiger partial charge in [-0.1, -0.05) is 0 Å². The predicted octanol–water partition coefficient (Wildman–Crippen LogP) is 1.27. The Morgan fingerprint density at radius 3 is 2.96 bits per heavy atom. The van der Waals surface area contributed by atoms with E-state index >= 15 is 0 Å². The zero-order chi connectivity index (χ0) is 16.7. The first kappa shape index (κ1) is 15.5. The molecule has 0 aromatic carbocycles. The number of aryl methyl sites for hydroxylation is 2. The van der Waals surface area contributed by atoms with Gasteiger partial charge in [-0.3, -0.25) is 9.89 Å². The highest BCUT2D eigenvalue weighted by Gasteiger charge is 2.49. The van der Waals surface area contributed by atoms with Gasteiger partial charge in [0.2, 0.25) is 5.91 Å². The van der Waals surface area contributed by atoms with Crippen LogP contribution in [0.15, 0.2) is 0 Å². The molecule has 0 saturated carbocycles. The Kier molecular flexibility index (Phi) is 3.73. The molecule has 2 aliphatic heterocycles. The zero-order valence-electron chi connectivity index (χ0n) is 14.1. The van der Waals surface area contributed by atoms with Crippen molar-refractivity contribution in [1.82, 2.24) is 20.0 Å². The summed E-state index contributed by atoms with van der Waals surface area (Å²) >= 11 is 0. The zero-order valence-corrected chi connectivity index (χ0v) is 14.1. The number of rotatable bonds is 3. The fourth-order valence-electron chi connectivity index (χ4n) is 4.20. The van der Waals surface area contributed by atoms with Gasteiger partial charge < -0.3 is 14.5 Å². The quantitative estimate of drug-likeness (QED) is 0.904. The lowest BCUT2D eigenvalue weighted by atomic mass is 9.94. The van der Waals surface area contributed by atoms with Crippen LogP contribution in [0.5, 0.6) is 0 Å². The van der Waals surface area contributed by atoms with Crippen LogP contribution in [0.1, 0.15) is 42.6 Å². The largest absolute Gasteiger partial charge is 0.439 e. The number of carbonyl (C=O) groups excluding carboxylic acids is 2. The van der Waals surface area contributed by atoms with Gasteiger partial charge >= 0.3 is 6.09 Å². The van der Waals surface area contributed by atoms with Gasteiger partial charge in [0.25, 0.3) is 0 Å². The summed E-state index contributed by atoms with van der Waals surface area (Å²) in [6.07, 6.45) is 6.18. The molecule has 1 N–H and O–H groups in total. The van der Waals surface area contributed by atoms with Crippen molar-refractivity contribution in [3.63, 3.8) is 0 Å². The molecule has 7 heteroatoms. The van der Waals surface area contributed by atoms with Gasteiger partial charge in [-0.25, -0.2) is 4.79 Å². The number of nitrogens with zero attached hydrogens (tertiary/aromatic N) is 3. The van der Waals surface area contributed by atoms with Gasteiger partial charge in [-0.2, -0.15) is 5.10 Å². The minimum atomic E-state index is -0.493. The molecular weight excluding hydrogens is 308 g/mol. The van der Waals surface area contributed by atoms with E-state index in [1.807, 2.05) is 4.90 Å². The summed E-state index contributed by atoms with van der Waals surface area (Å²) in [6, 6.07) is 0. The summed E-state index contributed by atoms with van der Waals surface area (Å²) in [7, 11) is 1.74. The Morgan fingerprint density at radius 1 is 1.33 bits per heavy atom. The van der Waals surface area contributed by atoms with Crippen LogP contribution in [0.4, 0.5) is 4.79 Å². The number of carbonyl (C=O) groups is 2. The highest BCUT2D eigenvalue weighted by Crippen LogP contribution is 2.32. The number of H-pyrrole nitrogens is 1. The lowest BCUT2D eigenvalue weighted by Crippen LogP contribution is -2.39. The molecule has 2 saturated heterocycles. The standard InChI is InChI=1S/C17H24N4O3/c1-20-10-17(24-16(20)23)8-9-21(11-17)15(22)7-6-14-12-4-2-3-5-13(12)18-19-14/h2-11H2,1H3,(H,18,19)/t17-/m1/s1. The molecule has 1 atom stereocenters. The second-order valence-corrected chi connectivity index (χ2v) is 7.31. The maximum absolute atomic E-state index is 12.5. The van der Waals surface area contributed by atoms with E-state index in [0.29, 0.717) is 32.5 Å². The Balaban J connectivity index is 1.34. The minimum absolute atomic E-state index is 0.130. The van der Waals surface area contributed by atoms with Crippen molar-refractivity contribution in [3.05, 3.63) is 17.0 Å². The number of hydrogen-bond acceptors (Lipinski definition) is 4. The van der Waals surface area contributed by atoms with Crippen LogP contribution in [-0.2, 0) is 28.8 Å². The summed E-state index contributed by atoms with van der Waals surface area (Å²) in [6.45, 7) is 1.75. The summed E-state index contributed by atoms with van der Waals surface area (Å²) < 4.78 is 5.50. The molecule has 3 aliphatic rings. The van der Waals surface area contributed by atoms with Crippen LogP contribution in [0.2, 0.25) is 0 Å². The number of aromatic amines is 1. The van der Waals surface area contributed by atoms with Crippen LogP contribution in [0.25, 0.3) is 0 Å². The summed E-state index contributed by atoms with van der Waals surface area (Å²) in [5.41, 5.74) is 3.15. The molecule has 24 heavy (non-hydrogen) atoms. The maximum atomic E-state index is 12.5. The molecule has 7 nitrogen and oxygen atoms in total. The third-order valence-electron chi connectivity index (χ3n) is 5.53. The molecule has 130 valence electrons. The monoisotopic (exact) mass is 332 g/mol. The van der Waals surface area contributed by atoms with Gasteiger partial charge in [-0.05, 0) is 31.2 Å². The first-order valence-corrected chi connectivity index (χ1v) is 8.83. The second-order valence-electron chi connectivity index (χ2n) is 7.31. The van der Waals surface area contributed by atoms with E-state index in [4.69, 9.17) is 4.74 Å². The van der Waals surface area contributed by atoms with E-state index in [1.165, 1.54) is 24.1 Å².